The summed E-state index contributed by atoms with van der Waals surface area (Å²) in [4.78, 5) is 3.70. The molecule has 1 saturated heterocycles. The van der Waals surface area contributed by atoms with Crippen molar-refractivity contribution in [2.75, 3.05) is 13.1 Å². The van der Waals surface area contributed by atoms with Crippen LogP contribution in [0.5, 0.6) is 5.75 Å². The summed E-state index contributed by atoms with van der Waals surface area (Å²) in [5, 5.41) is 13.0. The van der Waals surface area contributed by atoms with Crippen LogP contribution in [0, 0.1) is 13.8 Å². The molecule has 5 rings (SSSR count). The third-order valence-electron chi connectivity index (χ3n) is 6.39. The number of aryl methyl sites for hydroxylation is 1. The molecule has 0 atom stereocenters. The zero-order valence-corrected chi connectivity index (χ0v) is 18.1. The molecular weight excluding hydrogens is 374 g/mol. The Kier molecular flexibility index (Phi) is 4.74. The number of fused-ring (bicyclic) bond motifs is 2. The van der Waals surface area contributed by atoms with Crippen molar-refractivity contribution < 1.29 is 4.74 Å². The topological polar surface area (TPSA) is 67.2 Å². The molecule has 6 nitrogen and oxygen atoms in total. The molecule has 0 amide bonds. The predicted molar refractivity (Wildman–Crippen MR) is 120 cm³/mol. The number of hydrogen-bond acceptors (Lipinski definition) is 4. The first-order valence-corrected chi connectivity index (χ1v) is 10.9. The van der Waals surface area contributed by atoms with E-state index in [1.54, 1.807) is 6.33 Å². The largest absolute Gasteiger partial charge is 0.490 e. The summed E-state index contributed by atoms with van der Waals surface area (Å²) in [6.07, 6.45) is 6.33. The van der Waals surface area contributed by atoms with Crippen LogP contribution in [0.25, 0.3) is 27.8 Å². The number of H-pyrrole nitrogens is 1. The standard InChI is InChI=1S/C24H29N5O/c1-14(2)22-19-11-18(30-17-7-9-25-10-8-17)5-6-21(19)27-23(22)20-12-29-13-26-28-24(29)16(4)15(20)3/h5-6,11-14,17,25,27H,7-10H2,1-4H3. The maximum Gasteiger partial charge on any atom is 0.163 e. The monoisotopic (exact) mass is 403 g/mol. The van der Waals surface area contributed by atoms with Gasteiger partial charge in [0, 0.05) is 22.7 Å². The molecular formula is C24H29N5O. The Morgan fingerprint density at radius 3 is 2.70 bits per heavy atom. The van der Waals surface area contributed by atoms with Crippen LogP contribution in [0.3, 0.4) is 0 Å². The second-order valence-corrected chi connectivity index (χ2v) is 8.70. The minimum absolute atomic E-state index is 0.297. The summed E-state index contributed by atoms with van der Waals surface area (Å²) in [6, 6.07) is 6.46. The van der Waals surface area contributed by atoms with Gasteiger partial charge in [0.1, 0.15) is 18.2 Å². The summed E-state index contributed by atoms with van der Waals surface area (Å²) < 4.78 is 8.34. The number of nitrogens with one attached hydrogen (secondary N) is 2. The fourth-order valence-electron chi connectivity index (χ4n) is 4.65. The average molecular weight is 404 g/mol. The van der Waals surface area contributed by atoms with Crippen LogP contribution in [-0.4, -0.2) is 38.8 Å². The lowest BCUT2D eigenvalue weighted by atomic mass is 9.94. The van der Waals surface area contributed by atoms with Gasteiger partial charge in [0.05, 0.1) is 5.69 Å². The van der Waals surface area contributed by atoms with E-state index in [0.29, 0.717) is 12.0 Å². The summed E-state index contributed by atoms with van der Waals surface area (Å²) >= 11 is 0. The molecule has 0 aliphatic carbocycles. The fourth-order valence-corrected chi connectivity index (χ4v) is 4.65. The average Bonchev–Trinajstić information content (AvgIpc) is 3.35. The molecule has 0 spiro atoms. The van der Waals surface area contributed by atoms with E-state index in [-0.39, 0.29) is 0 Å². The third-order valence-corrected chi connectivity index (χ3v) is 6.39. The van der Waals surface area contributed by atoms with E-state index in [0.717, 1.165) is 48.4 Å². The SMILES string of the molecule is Cc1c(-c2[nH]c3ccc(OC4CCNCC4)cc3c2C(C)C)cn2cnnc2c1C. The smallest absolute Gasteiger partial charge is 0.163 e. The number of ether oxygens (including phenoxy) is 1. The molecule has 0 saturated carbocycles. The van der Waals surface area contributed by atoms with Gasteiger partial charge in [-0.05, 0) is 80.6 Å². The van der Waals surface area contributed by atoms with Crippen LogP contribution < -0.4 is 10.1 Å². The van der Waals surface area contributed by atoms with Gasteiger partial charge in [0.15, 0.2) is 5.65 Å². The van der Waals surface area contributed by atoms with Crippen molar-refractivity contribution >= 4 is 16.6 Å². The van der Waals surface area contributed by atoms with Crippen molar-refractivity contribution in [3.63, 3.8) is 0 Å². The second-order valence-electron chi connectivity index (χ2n) is 8.70. The van der Waals surface area contributed by atoms with Gasteiger partial charge in [-0.25, -0.2) is 0 Å². The molecule has 156 valence electrons. The van der Waals surface area contributed by atoms with Gasteiger partial charge >= 0.3 is 0 Å². The Labute approximate surface area is 176 Å². The van der Waals surface area contributed by atoms with Crippen molar-refractivity contribution in [3.8, 4) is 17.0 Å². The number of hydrogen-bond donors (Lipinski definition) is 2. The lowest BCUT2D eigenvalue weighted by Crippen LogP contribution is -2.34. The highest BCUT2D eigenvalue weighted by molar-refractivity contribution is 5.93. The van der Waals surface area contributed by atoms with Gasteiger partial charge in [-0.2, -0.15) is 0 Å². The van der Waals surface area contributed by atoms with E-state index in [1.165, 1.54) is 27.8 Å². The normalized spacial score (nSPS) is 15.5. The van der Waals surface area contributed by atoms with Crippen molar-refractivity contribution in [2.45, 2.75) is 52.6 Å². The van der Waals surface area contributed by atoms with Gasteiger partial charge in [-0.3, -0.25) is 4.40 Å². The van der Waals surface area contributed by atoms with Gasteiger partial charge in [0.25, 0.3) is 0 Å². The Bertz CT molecular complexity index is 1210. The molecule has 3 aromatic heterocycles. The highest BCUT2D eigenvalue weighted by Gasteiger charge is 2.21. The number of aromatic amines is 1. The first-order valence-electron chi connectivity index (χ1n) is 10.9. The molecule has 2 N–H and O–H groups in total. The van der Waals surface area contributed by atoms with Crippen molar-refractivity contribution in [1.82, 2.24) is 24.9 Å². The quantitative estimate of drug-likeness (QED) is 0.516. The van der Waals surface area contributed by atoms with Crippen molar-refractivity contribution in [3.05, 3.63) is 47.4 Å². The highest BCUT2D eigenvalue weighted by Crippen LogP contribution is 2.39. The van der Waals surface area contributed by atoms with Crippen molar-refractivity contribution in [2.24, 2.45) is 0 Å². The number of rotatable bonds is 4. The number of piperidine rings is 1. The molecule has 0 bridgehead atoms. The van der Waals surface area contributed by atoms with Crippen molar-refractivity contribution in [1.29, 1.82) is 0 Å². The molecule has 0 unspecified atom stereocenters. The van der Waals surface area contributed by atoms with Crippen LogP contribution in [0.1, 0.15) is 49.3 Å². The minimum Gasteiger partial charge on any atom is -0.490 e. The van der Waals surface area contributed by atoms with Gasteiger partial charge < -0.3 is 15.0 Å². The van der Waals surface area contributed by atoms with Crippen LogP contribution in [0.2, 0.25) is 0 Å². The zero-order valence-electron chi connectivity index (χ0n) is 18.1. The van der Waals surface area contributed by atoms with Gasteiger partial charge in [-0.15, -0.1) is 10.2 Å². The second kappa shape index (κ2) is 7.43. The predicted octanol–water partition coefficient (Wildman–Crippen LogP) is 4.75. The summed E-state index contributed by atoms with van der Waals surface area (Å²) in [5.74, 6) is 1.34. The Morgan fingerprint density at radius 1 is 1.13 bits per heavy atom. The maximum absolute atomic E-state index is 6.33. The molecule has 4 aromatic rings. The van der Waals surface area contributed by atoms with E-state index in [1.807, 2.05) is 4.40 Å². The molecule has 1 aromatic carbocycles. The number of nitrogens with zero attached hydrogens (tertiary/aromatic N) is 3. The van der Waals surface area contributed by atoms with Gasteiger partial charge in [0.2, 0.25) is 0 Å². The maximum atomic E-state index is 6.33. The Balaban J connectivity index is 1.64. The summed E-state index contributed by atoms with van der Waals surface area (Å²) in [7, 11) is 0. The van der Waals surface area contributed by atoms with Crippen LogP contribution in [0.4, 0.5) is 0 Å². The highest BCUT2D eigenvalue weighted by atomic mass is 16.5. The van der Waals surface area contributed by atoms with Crippen LogP contribution >= 0.6 is 0 Å². The third kappa shape index (κ3) is 3.16. The molecule has 4 heterocycles. The fraction of sp³-hybridized carbons (Fsp3) is 0.417. The molecule has 30 heavy (non-hydrogen) atoms. The number of benzene rings is 1. The van der Waals surface area contributed by atoms with Crippen LogP contribution in [0.15, 0.2) is 30.7 Å². The van der Waals surface area contributed by atoms with E-state index in [4.69, 9.17) is 4.74 Å². The molecule has 1 fully saturated rings. The molecule has 0 radical (unpaired) electrons. The van der Waals surface area contributed by atoms with E-state index < -0.39 is 0 Å². The number of pyridine rings is 1. The lowest BCUT2D eigenvalue weighted by Gasteiger charge is -2.24. The van der Waals surface area contributed by atoms with E-state index >= 15 is 0 Å². The molecule has 1 aliphatic rings. The lowest BCUT2D eigenvalue weighted by molar-refractivity contribution is 0.162. The first-order chi connectivity index (χ1) is 14.5. The Morgan fingerprint density at radius 2 is 1.93 bits per heavy atom. The van der Waals surface area contributed by atoms with Crippen LogP contribution in [-0.2, 0) is 0 Å². The van der Waals surface area contributed by atoms with Gasteiger partial charge in [-0.1, -0.05) is 13.8 Å². The molecule has 1 aliphatic heterocycles. The van der Waals surface area contributed by atoms with E-state index in [9.17, 15) is 0 Å². The summed E-state index contributed by atoms with van der Waals surface area (Å²) in [6.45, 7) is 10.9. The first kappa shape index (κ1) is 19.1. The number of aromatic nitrogens is 4. The Hall–Kier alpha value is -2.86. The van der Waals surface area contributed by atoms with E-state index in [2.05, 4.69) is 72.6 Å². The molecule has 6 heteroatoms. The minimum atomic E-state index is 0.297. The zero-order chi connectivity index (χ0) is 20.8. The summed E-state index contributed by atoms with van der Waals surface area (Å²) in [5.41, 5.74) is 8.15.